The Kier molecular flexibility index (Phi) is 15.3. The normalized spacial score (nSPS) is 16.8. The average Bonchev–Trinajstić information content (AvgIpc) is 3.16. The van der Waals surface area contributed by atoms with Crippen LogP contribution in [-0.2, 0) is 22.4 Å². The number of benzene rings is 2. The minimum absolute atomic E-state index is 0.0195. The number of hydrogen-bond donors (Lipinski definition) is 5. The minimum atomic E-state index is -2.64. The molecule has 60 heavy (non-hydrogen) atoms. The van der Waals surface area contributed by atoms with Crippen LogP contribution in [0.3, 0.4) is 0 Å². The van der Waals surface area contributed by atoms with Crippen molar-refractivity contribution < 1.29 is 27.2 Å². The van der Waals surface area contributed by atoms with E-state index < -0.39 is 11.8 Å². The van der Waals surface area contributed by atoms with Crippen molar-refractivity contribution in [2.45, 2.75) is 98.1 Å². The van der Waals surface area contributed by atoms with E-state index in [1.165, 1.54) is 0 Å². The van der Waals surface area contributed by atoms with Crippen molar-refractivity contribution in [3.05, 3.63) is 76.2 Å². The summed E-state index contributed by atoms with van der Waals surface area (Å²) in [4.78, 5) is 43.7. The molecule has 2 fully saturated rings. The van der Waals surface area contributed by atoms with E-state index in [1.807, 2.05) is 43.3 Å². The number of aromatic nitrogens is 4. The summed E-state index contributed by atoms with van der Waals surface area (Å²) in [6.07, 6.45) is 5.70. The second kappa shape index (κ2) is 20.0. The molecule has 4 aromatic rings. The van der Waals surface area contributed by atoms with Gasteiger partial charge in [0.15, 0.2) is 0 Å². The average molecular weight is 856 g/mol. The number of carbonyl (C=O) groups is 2. The van der Waals surface area contributed by atoms with Crippen molar-refractivity contribution in [2.75, 3.05) is 58.9 Å². The number of rotatable bonds is 8. The summed E-state index contributed by atoms with van der Waals surface area (Å²) in [7, 11) is 0. The van der Waals surface area contributed by atoms with Crippen LogP contribution in [0.15, 0.2) is 48.8 Å². The molecule has 0 radical (unpaired) electrons. The van der Waals surface area contributed by atoms with Gasteiger partial charge in [0.1, 0.15) is 11.0 Å². The van der Waals surface area contributed by atoms with Crippen LogP contribution in [-0.4, -0.2) is 93.3 Å². The van der Waals surface area contributed by atoms with Crippen LogP contribution in [0.2, 0.25) is 5.15 Å². The second-order valence-electron chi connectivity index (χ2n) is 15.6. The van der Waals surface area contributed by atoms with Gasteiger partial charge in [0.25, 0.3) is 11.8 Å². The Balaban J connectivity index is 0.000000173. The quantitative estimate of drug-likeness (QED) is 0.0860. The van der Waals surface area contributed by atoms with Crippen molar-refractivity contribution in [1.82, 2.24) is 30.2 Å². The zero-order valence-electron chi connectivity index (χ0n) is 35.0. The molecule has 0 bridgehead atoms. The highest BCUT2D eigenvalue weighted by atomic mass is 35.5. The maximum Gasteiger partial charge on any atom is 0.282 e. The first-order valence-electron chi connectivity index (χ1n) is 20.0. The van der Waals surface area contributed by atoms with E-state index in [2.05, 4.69) is 86.0 Å². The highest BCUT2D eigenvalue weighted by molar-refractivity contribution is 6.30. The monoisotopic (exact) mass is 855 g/mol. The van der Waals surface area contributed by atoms with Crippen molar-refractivity contribution >= 4 is 63.9 Å². The van der Waals surface area contributed by atoms with Gasteiger partial charge in [0.2, 0.25) is 23.7 Å². The van der Waals surface area contributed by atoms with Gasteiger partial charge in [-0.25, -0.2) is 32.5 Å². The molecule has 5 N–H and O–H groups in total. The van der Waals surface area contributed by atoms with E-state index >= 15 is 0 Å². The molecule has 18 heteroatoms. The van der Waals surface area contributed by atoms with Crippen LogP contribution in [0.25, 0.3) is 0 Å². The smallest absolute Gasteiger partial charge is 0.282 e. The lowest BCUT2D eigenvalue weighted by Crippen LogP contribution is -2.57. The zero-order valence-corrected chi connectivity index (χ0v) is 35.8. The Morgan fingerprint density at radius 2 is 1.22 bits per heavy atom. The fraction of sp³-hybridized carbons (Fsp3) is 0.476. The third kappa shape index (κ3) is 12.9. The van der Waals surface area contributed by atoms with Gasteiger partial charge < -0.3 is 31.5 Å². The number of carbonyl (C=O) groups excluding carboxylic acids is 2. The first-order chi connectivity index (χ1) is 28.3. The molecule has 2 aromatic heterocycles. The molecular weight excluding hydrogens is 802 g/mol. The van der Waals surface area contributed by atoms with Gasteiger partial charge in [0, 0.05) is 71.2 Å². The summed E-state index contributed by atoms with van der Waals surface area (Å²) in [5.74, 6) is -3.61. The molecule has 4 aliphatic heterocycles. The molecule has 0 atom stereocenters. The zero-order chi connectivity index (χ0) is 43.8. The van der Waals surface area contributed by atoms with Gasteiger partial charge in [-0.05, 0) is 108 Å². The van der Waals surface area contributed by atoms with Crippen molar-refractivity contribution in [3.63, 3.8) is 0 Å². The molecule has 2 amide bonds. The standard InChI is InChI=1S/C17H17F2N5O.C14H13ClN4O.C8H19N.C3H5F2N/c1-10-7-20-16(23-15(10)24-8-17(18,19)9-24)21-12-3-4-13-11(6-12)2-5-14(25)22-13;1-8-7-16-14(19-13(8)15)17-10-3-4-11-9(6-10)2-5-12(20)18-11;1-6-9(7(2)3)8(4)5;4-3(5)1-6-2-3/h3-4,6-7H,2,5,8-9H2,1H3,(H,22,25)(H,20,21,23);3-4,6-7H,2,5H2,1H3,(H,18,20)(H,16,17,19);7-8H,6H2,1-5H3;6H,1-2H2. The highest BCUT2D eigenvalue weighted by Gasteiger charge is 2.45. The lowest BCUT2D eigenvalue weighted by molar-refractivity contribution is -0.117. The SMILES string of the molecule is CCN(C(C)C)C(C)C.Cc1cnc(Nc2ccc3c(c2)CCC(=O)N3)nc1Cl.Cc1cnc(Nc2ccc3c(c2)CCC(=O)N3)nc1N1CC(F)(F)C1.FC1(F)CNC1. The first-order valence-corrected chi connectivity index (χ1v) is 20.4. The predicted octanol–water partition coefficient (Wildman–Crippen LogP) is 8.29. The molecule has 8 rings (SSSR count). The molecule has 0 aliphatic carbocycles. The maximum atomic E-state index is 13.1. The van der Waals surface area contributed by atoms with Gasteiger partial charge in [0.05, 0.1) is 26.2 Å². The van der Waals surface area contributed by atoms with E-state index in [4.69, 9.17) is 11.6 Å². The third-order valence-electron chi connectivity index (χ3n) is 9.97. The Morgan fingerprint density at radius 1 is 0.750 bits per heavy atom. The van der Waals surface area contributed by atoms with Crippen molar-refractivity contribution in [3.8, 4) is 0 Å². The number of nitrogens with one attached hydrogen (secondary N) is 5. The van der Waals surface area contributed by atoms with Gasteiger partial charge in [-0.3, -0.25) is 14.5 Å². The lowest BCUT2D eigenvalue weighted by Gasteiger charge is -2.40. The summed E-state index contributed by atoms with van der Waals surface area (Å²) in [5.41, 5.74) is 7.09. The van der Waals surface area contributed by atoms with E-state index in [0.29, 0.717) is 54.2 Å². The van der Waals surface area contributed by atoms with Crippen LogP contribution in [0.1, 0.15) is 69.7 Å². The Hall–Kier alpha value is -5.13. The fourth-order valence-electron chi connectivity index (χ4n) is 6.78. The number of fused-ring (bicyclic) bond motifs is 2. The number of aryl methyl sites for hydroxylation is 4. The Labute approximate surface area is 353 Å². The molecule has 4 aliphatic rings. The topological polar surface area (TPSA) is 152 Å². The van der Waals surface area contributed by atoms with Crippen LogP contribution in [0, 0.1) is 13.8 Å². The molecule has 2 aromatic carbocycles. The van der Waals surface area contributed by atoms with Gasteiger partial charge in [-0.2, -0.15) is 4.98 Å². The molecule has 0 unspecified atom stereocenters. The summed E-state index contributed by atoms with van der Waals surface area (Å²) < 4.78 is 49.2. The van der Waals surface area contributed by atoms with Crippen LogP contribution in [0.5, 0.6) is 0 Å². The van der Waals surface area contributed by atoms with Crippen molar-refractivity contribution in [2.24, 2.45) is 0 Å². The largest absolute Gasteiger partial charge is 0.344 e. The van der Waals surface area contributed by atoms with Gasteiger partial charge in [-0.15, -0.1) is 0 Å². The Morgan fingerprint density at radius 3 is 1.60 bits per heavy atom. The van der Waals surface area contributed by atoms with Crippen LogP contribution >= 0.6 is 11.6 Å². The molecule has 0 saturated carbocycles. The lowest BCUT2D eigenvalue weighted by atomic mass is 10.0. The molecule has 6 heterocycles. The van der Waals surface area contributed by atoms with Crippen LogP contribution in [0.4, 0.5) is 58.0 Å². The maximum absolute atomic E-state index is 13.1. The fourth-order valence-corrected chi connectivity index (χ4v) is 6.91. The molecule has 2 saturated heterocycles. The number of anilines is 7. The summed E-state index contributed by atoms with van der Waals surface area (Å²) in [6, 6.07) is 12.7. The van der Waals surface area contributed by atoms with Gasteiger partial charge >= 0.3 is 0 Å². The van der Waals surface area contributed by atoms with Gasteiger partial charge in [-0.1, -0.05) is 18.5 Å². The number of amides is 2. The highest BCUT2D eigenvalue weighted by Crippen LogP contribution is 2.33. The van der Waals surface area contributed by atoms with E-state index in [9.17, 15) is 27.2 Å². The number of hydrogen-bond acceptors (Lipinski definition) is 11. The molecular formula is C42H54ClF4N11O2. The van der Waals surface area contributed by atoms with E-state index in [-0.39, 0.29) is 38.0 Å². The van der Waals surface area contributed by atoms with E-state index in [1.54, 1.807) is 24.2 Å². The van der Waals surface area contributed by atoms with Crippen LogP contribution < -0.4 is 31.5 Å². The molecule has 0 spiro atoms. The number of halogens is 5. The summed E-state index contributed by atoms with van der Waals surface area (Å²) >= 11 is 5.97. The minimum Gasteiger partial charge on any atom is -0.344 e. The molecule has 324 valence electrons. The van der Waals surface area contributed by atoms with Crippen molar-refractivity contribution in [1.29, 1.82) is 0 Å². The van der Waals surface area contributed by atoms with E-state index in [0.717, 1.165) is 58.0 Å². The second-order valence-corrected chi connectivity index (χ2v) is 16.0. The summed E-state index contributed by atoms with van der Waals surface area (Å²) in [6.45, 7) is 15.1. The Bertz CT molecular complexity index is 2120. The number of alkyl halides is 4. The molecule has 13 nitrogen and oxygen atoms in total. The number of nitrogens with zero attached hydrogens (tertiary/aromatic N) is 6. The summed E-state index contributed by atoms with van der Waals surface area (Å²) in [5, 5.41) is 14.8. The third-order valence-corrected chi connectivity index (χ3v) is 10.4. The first kappa shape index (κ1) is 45.9. The predicted molar refractivity (Wildman–Crippen MR) is 230 cm³/mol.